The van der Waals surface area contributed by atoms with Crippen LogP contribution in [0.3, 0.4) is 0 Å². The average Bonchev–Trinajstić information content (AvgIpc) is 2.13. The standard InChI is InChI=1S/C12H21NO4/c1-6-12(9(14)16-5)7-13(8-12)10(15)17-11(2,3)4/h6-8H2,1-5H3. The normalized spacial score (nSPS) is 18.3. The van der Waals surface area contributed by atoms with Gasteiger partial charge in [-0.25, -0.2) is 4.79 Å². The smallest absolute Gasteiger partial charge is 0.410 e. The molecule has 1 rings (SSSR count). The SMILES string of the molecule is CCC1(C(=O)OC)CN(C(=O)OC(C)(C)C)C1. The fraction of sp³-hybridized carbons (Fsp3) is 0.833. The van der Waals surface area contributed by atoms with Gasteiger partial charge >= 0.3 is 12.1 Å². The molecule has 0 bridgehead atoms. The van der Waals surface area contributed by atoms with Crippen LogP contribution in [-0.2, 0) is 14.3 Å². The predicted molar refractivity (Wildman–Crippen MR) is 62.5 cm³/mol. The topological polar surface area (TPSA) is 55.8 Å². The fourth-order valence-corrected chi connectivity index (χ4v) is 1.85. The minimum absolute atomic E-state index is 0.250. The van der Waals surface area contributed by atoms with E-state index in [-0.39, 0.29) is 12.1 Å². The molecule has 0 N–H and O–H groups in total. The Labute approximate surface area is 102 Å². The second-order valence-electron chi connectivity index (χ2n) is 5.46. The maximum Gasteiger partial charge on any atom is 0.410 e. The van der Waals surface area contributed by atoms with E-state index in [2.05, 4.69) is 0 Å². The molecule has 17 heavy (non-hydrogen) atoms. The largest absolute Gasteiger partial charge is 0.468 e. The Morgan fingerprint density at radius 2 is 1.82 bits per heavy atom. The fourth-order valence-electron chi connectivity index (χ4n) is 1.85. The van der Waals surface area contributed by atoms with Crippen molar-refractivity contribution in [2.24, 2.45) is 5.41 Å². The summed E-state index contributed by atoms with van der Waals surface area (Å²) in [5.41, 5.74) is -1.04. The lowest BCUT2D eigenvalue weighted by Gasteiger charge is -2.47. The number of nitrogens with zero attached hydrogens (tertiary/aromatic N) is 1. The highest BCUT2D eigenvalue weighted by Crippen LogP contribution is 2.35. The summed E-state index contributed by atoms with van der Waals surface area (Å²) < 4.78 is 9.99. The van der Waals surface area contributed by atoms with Crippen molar-refractivity contribution in [3.05, 3.63) is 0 Å². The molecule has 0 aromatic carbocycles. The first-order chi connectivity index (χ1) is 7.74. The first kappa shape index (κ1) is 13.8. The van der Waals surface area contributed by atoms with Crippen LogP contribution in [0.2, 0.25) is 0 Å². The minimum atomic E-state index is -0.536. The van der Waals surface area contributed by atoms with Gasteiger partial charge in [0, 0.05) is 13.1 Å². The van der Waals surface area contributed by atoms with E-state index in [9.17, 15) is 9.59 Å². The second kappa shape index (κ2) is 4.55. The van der Waals surface area contributed by atoms with E-state index in [0.29, 0.717) is 19.5 Å². The number of amides is 1. The van der Waals surface area contributed by atoms with E-state index in [1.54, 1.807) is 0 Å². The van der Waals surface area contributed by atoms with Crippen LogP contribution in [0.5, 0.6) is 0 Å². The zero-order valence-electron chi connectivity index (χ0n) is 11.2. The number of hydrogen-bond donors (Lipinski definition) is 0. The van der Waals surface area contributed by atoms with Crippen molar-refractivity contribution >= 4 is 12.1 Å². The Morgan fingerprint density at radius 3 is 2.18 bits per heavy atom. The van der Waals surface area contributed by atoms with Gasteiger partial charge in [-0.1, -0.05) is 6.92 Å². The lowest BCUT2D eigenvalue weighted by Crippen LogP contribution is -2.62. The van der Waals surface area contributed by atoms with Crippen LogP contribution in [0.15, 0.2) is 0 Å². The summed E-state index contributed by atoms with van der Waals surface area (Å²) in [6.45, 7) is 8.13. The van der Waals surface area contributed by atoms with E-state index < -0.39 is 11.0 Å². The summed E-state index contributed by atoms with van der Waals surface area (Å²) in [5, 5.41) is 0. The summed E-state index contributed by atoms with van der Waals surface area (Å²) in [5.74, 6) is -0.250. The van der Waals surface area contributed by atoms with Crippen molar-refractivity contribution in [2.45, 2.75) is 39.7 Å². The average molecular weight is 243 g/mol. The number of likely N-dealkylation sites (tertiary alicyclic amines) is 1. The summed E-state index contributed by atoms with van der Waals surface area (Å²) in [6, 6.07) is 0. The Kier molecular flexibility index (Phi) is 3.69. The van der Waals surface area contributed by atoms with Gasteiger partial charge < -0.3 is 14.4 Å². The molecule has 1 heterocycles. The molecule has 5 heteroatoms. The quantitative estimate of drug-likeness (QED) is 0.694. The number of hydrogen-bond acceptors (Lipinski definition) is 4. The molecule has 0 saturated carbocycles. The third-order valence-corrected chi connectivity index (χ3v) is 2.93. The molecular weight excluding hydrogens is 222 g/mol. The maximum atomic E-state index is 11.7. The number of methoxy groups -OCH3 is 1. The molecule has 1 aliphatic heterocycles. The van der Waals surface area contributed by atoms with Crippen LogP contribution in [0, 0.1) is 5.41 Å². The highest BCUT2D eigenvalue weighted by Gasteiger charge is 2.51. The molecule has 1 saturated heterocycles. The van der Waals surface area contributed by atoms with Crippen molar-refractivity contribution in [3.8, 4) is 0 Å². The maximum absolute atomic E-state index is 11.7. The summed E-state index contributed by atoms with van der Waals surface area (Å²) in [6.07, 6.45) is 0.296. The van der Waals surface area contributed by atoms with Gasteiger partial charge in [0.15, 0.2) is 0 Å². The molecule has 1 aliphatic rings. The van der Waals surface area contributed by atoms with Crippen molar-refractivity contribution in [3.63, 3.8) is 0 Å². The number of carbonyl (C=O) groups is 2. The van der Waals surface area contributed by atoms with E-state index in [1.165, 1.54) is 12.0 Å². The van der Waals surface area contributed by atoms with Crippen LogP contribution in [0.1, 0.15) is 34.1 Å². The van der Waals surface area contributed by atoms with Crippen LogP contribution in [0.4, 0.5) is 4.79 Å². The Balaban J connectivity index is 2.55. The van der Waals surface area contributed by atoms with Crippen LogP contribution in [-0.4, -0.2) is 42.8 Å². The van der Waals surface area contributed by atoms with Crippen molar-refractivity contribution in [1.82, 2.24) is 4.90 Å². The second-order valence-corrected chi connectivity index (χ2v) is 5.46. The number of carbonyl (C=O) groups excluding carboxylic acids is 2. The van der Waals surface area contributed by atoms with Gasteiger partial charge in [-0.3, -0.25) is 4.79 Å². The molecule has 0 radical (unpaired) electrons. The third kappa shape index (κ3) is 2.90. The van der Waals surface area contributed by atoms with Gasteiger partial charge in [-0.15, -0.1) is 0 Å². The molecule has 0 aromatic rings. The Bertz CT molecular complexity index is 313. The van der Waals surface area contributed by atoms with Crippen LogP contribution in [0.25, 0.3) is 0 Å². The van der Waals surface area contributed by atoms with E-state index >= 15 is 0 Å². The first-order valence-electron chi connectivity index (χ1n) is 5.80. The van der Waals surface area contributed by atoms with Gasteiger partial charge in [-0.05, 0) is 27.2 Å². The van der Waals surface area contributed by atoms with E-state index in [1.807, 2.05) is 27.7 Å². The number of ether oxygens (including phenoxy) is 2. The van der Waals surface area contributed by atoms with Gasteiger partial charge in [0.1, 0.15) is 11.0 Å². The summed E-state index contributed by atoms with van der Waals surface area (Å²) >= 11 is 0. The highest BCUT2D eigenvalue weighted by atomic mass is 16.6. The summed E-state index contributed by atoms with van der Waals surface area (Å²) in [4.78, 5) is 24.8. The number of esters is 1. The van der Waals surface area contributed by atoms with Crippen molar-refractivity contribution in [1.29, 1.82) is 0 Å². The highest BCUT2D eigenvalue weighted by molar-refractivity contribution is 5.82. The molecule has 0 spiro atoms. The van der Waals surface area contributed by atoms with Crippen molar-refractivity contribution < 1.29 is 19.1 Å². The number of rotatable bonds is 2. The molecule has 1 fully saturated rings. The van der Waals surface area contributed by atoms with E-state index in [4.69, 9.17) is 9.47 Å². The Hall–Kier alpha value is -1.26. The van der Waals surface area contributed by atoms with Crippen LogP contribution >= 0.6 is 0 Å². The molecule has 5 nitrogen and oxygen atoms in total. The molecule has 0 unspecified atom stereocenters. The molecule has 1 amide bonds. The molecule has 98 valence electrons. The predicted octanol–water partition coefficient (Wildman–Crippen LogP) is 1.81. The van der Waals surface area contributed by atoms with Crippen LogP contribution < -0.4 is 0 Å². The summed E-state index contributed by atoms with van der Waals surface area (Å²) in [7, 11) is 1.37. The molecular formula is C12H21NO4. The van der Waals surface area contributed by atoms with Gasteiger partial charge in [0.05, 0.1) is 7.11 Å². The molecule has 0 aliphatic carbocycles. The van der Waals surface area contributed by atoms with Crippen molar-refractivity contribution in [2.75, 3.05) is 20.2 Å². The van der Waals surface area contributed by atoms with Gasteiger partial charge in [0.2, 0.25) is 0 Å². The first-order valence-corrected chi connectivity index (χ1v) is 5.80. The lowest BCUT2D eigenvalue weighted by molar-refractivity contribution is -0.163. The van der Waals surface area contributed by atoms with Gasteiger partial charge in [-0.2, -0.15) is 0 Å². The molecule has 0 atom stereocenters. The lowest BCUT2D eigenvalue weighted by atomic mass is 9.77. The Morgan fingerprint density at radius 1 is 1.29 bits per heavy atom. The zero-order valence-corrected chi connectivity index (χ0v) is 11.2. The monoisotopic (exact) mass is 243 g/mol. The zero-order chi connectivity index (χ0) is 13.3. The minimum Gasteiger partial charge on any atom is -0.468 e. The molecule has 0 aromatic heterocycles. The third-order valence-electron chi connectivity index (χ3n) is 2.93. The van der Waals surface area contributed by atoms with Gasteiger partial charge in [0.25, 0.3) is 0 Å². The van der Waals surface area contributed by atoms with E-state index in [0.717, 1.165) is 0 Å².